The Balaban J connectivity index is 2.37. The highest BCUT2D eigenvalue weighted by Gasteiger charge is 2.06. The smallest absolute Gasteiger partial charge is 0.0458 e. The van der Waals surface area contributed by atoms with Crippen molar-refractivity contribution in [3.8, 4) is 0 Å². The van der Waals surface area contributed by atoms with E-state index < -0.39 is 0 Å². The third kappa shape index (κ3) is 2.85. The van der Waals surface area contributed by atoms with Gasteiger partial charge in [-0.2, -0.15) is 0 Å². The summed E-state index contributed by atoms with van der Waals surface area (Å²) < 4.78 is 1.10. The Hall–Kier alpha value is -0.930. The normalized spacial score (nSPS) is 10.5. The maximum atomic E-state index is 6.05. The summed E-state index contributed by atoms with van der Waals surface area (Å²) in [6.07, 6.45) is 0. The molecule has 88 valence electrons. The third-order valence-electron chi connectivity index (χ3n) is 2.68. The maximum Gasteiger partial charge on any atom is 0.0458 e. The van der Waals surface area contributed by atoms with E-state index >= 15 is 0 Å². The topological polar surface area (TPSA) is 26.0 Å². The lowest BCUT2D eigenvalue weighted by Gasteiger charge is -2.10. The van der Waals surface area contributed by atoms with E-state index in [0.29, 0.717) is 0 Å². The zero-order valence-electron chi connectivity index (χ0n) is 9.83. The van der Waals surface area contributed by atoms with Crippen LogP contribution in [0.4, 0.5) is 5.69 Å². The zero-order chi connectivity index (χ0) is 12.4. The molecule has 0 bridgehead atoms. The number of hydrogen-bond acceptors (Lipinski definition) is 2. The molecule has 0 fully saturated rings. The molecular formula is C14H14BrNS. The van der Waals surface area contributed by atoms with Crippen LogP contribution in [0.3, 0.4) is 0 Å². The van der Waals surface area contributed by atoms with Crippen LogP contribution in [0, 0.1) is 13.8 Å². The van der Waals surface area contributed by atoms with Crippen molar-refractivity contribution in [1.29, 1.82) is 0 Å². The van der Waals surface area contributed by atoms with Gasteiger partial charge in [0, 0.05) is 20.0 Å². The summed E-state index contributed by atoms with van der Waals surface area (Å²) >= 11 is 5.24. The minimum atomic E-state index is 0.842. The molecule has 3 heteroatoms. The fraction of sp³-hybridized carbons (Fsp3) is 0.143. The Kier molecular flexibility index (Phi) is 3.79. The minimum absolute atomic E-state index is 0.842. The number of benzene rings is 2. The molecule has 2 aromatic carbocycles. The predicted molar refractivity (Wildman–Crippen MR) is 78.6 cm³/mol. The quantitative estimate of drug-likeness (QED) is 0.807. The van der Waals surface area contributed by atoms with Gasteiger partial charge < -0.3 is 5.73 Å². The molecule has 1 nitrogen and oxygen atoms in total. The Bertz CT molecular complexity index is 552. The van der Waals surface area contributed by atoms with Crippen LogP contribution in [0.25, 0.3) is 0 Å². The molecule has 0 aliphatic heterocycles. The van der Waals surface area contributed by atoms with Crippen LogP contribution < -0.4 is 5.73 Å². The van der Waals surface area contributed by atoms with Gasteiger partial charge in [-0.05, 0) is 65.2 Å². The van der Waals surface area contributed by atoms with Gasteiger partial charge in [0.05, 0.1) is 0 Å². The van der Waals surface area contributed by atoms with E-state index in [-0.39, 0.29) is 0 Å². The number of nitrogen functional groups attached to an aromatic ring is 1. The summed E-state index contributed by atoms with van der Waals surface area (Å²) in [5.74, 6) is 0. The number of nitrogens with two attached hydrogens (primary N) is 1. The number of rotatable bonds is 2. The lowest BCUT2D eigenvalue weighted by atomic mass is 10.1. The van der Waals surface area contributed by atoms with Crippen molar-refractivity contribution in [2.75, 3.05) is 5.73 Å². The van der Waals surface area contributed by atoms with E-state index in [1.165, 1.54) is 16.0 Å². The van der Waals surface area contributed by atoms with E-state index in [0.717, 1.165) is 15.1 Å². The first-order valence-electron chi connectivity index (χ1n) is 5.37. The van der Waals surface area contributed by atoms with Gasteiger partial charge in [-0.1, -0.05) is 23.9 Å². The van der Waals surface area contributed by atoms with E-state index in [9.17, 15) is 0 Å². The lowest BCUT2D eigenvalue weighted by Crippen LogP contribution is -1.92. The third-order valence-corrected chi connectivity index (χ3v) is 4.79. The van der Waals surface area contributed by atoms with Gasteiger partial charge in [-0.15, -0.1) is 0 Å². The van der Waals surface area contributed by atoms with Crippen molar-refractivity contribution in [1.82, 2.24) is 0 Å². The van der Waals surface area contributed by atoms with Gasteiger partial charge in [0.1, 0.15) is 0 Å². The molecule has 2 rings (SSSR count). The molecule has 0 aromatic heterocycles. The molecule has 0 amide bonds. The number of anilines is 1. The summed E-state index contributed by atoms with van der Waals surface area (Å²) in [4.78, 5) is 2.29. The Morgan fingerprint density at radius 2 is 1.65 bits per heavy atom. The van der Waals surface area contributed by atoms with Crippen LogP contribution in [0.1, 0.15) is 11.1 Å². The predicted octanol–water partition coefficient (Wildman–Crippen LogP) is 4.80. The molecule has 0 aliphatic carbocycles. The van der Waals surface area contributed by atoms with Crippen molar-refractivity contribution >= 4 is 33.4 Å². The Labute approximate surface area is 115 Å². The van der Waals surface area contributed by atoms with Crippen LogP contribution in [0.2, 0.25) is 0 Å². The molecular weight excluding hydrogens is 294 g/mol. The van der Waals surface area contributed by atoms with Crippen molar-refractivity contribution in [2.24, 2.45) is 0 Å². The summed E-state index contributed by atoms with van der Waals surface area (Å²) in [7, 11) is 0. The molecule has 0 spiro atoms. The van der Waals surface area contributed by atoms with Gasteiger partial charge in [0.25, 0.3) is 0 Å². The number of aryl methyl sites for hydroxylation is 2. The molecule has 0 saturated heterocycles. The first kappa shape index (κ1) is 12.5. The van der Waals surface area contributed by atoms with Gasteiger partial charge in [-0.25, -0.2) is 0 Å². The van der Waals surface area contributed by atoms with Crippen LogP contribution in [0.15, 0.2) is 50.7 Å². The van der Waals surface area contributed by atoms with Crippen molar-refractivity contribution < 1.29 is 0 Å². The minimum Gasteiger partial charge on any atom is -0.398 e. The Morgan fingerprint density at radius 1 is 1.00 bits per heavy atom. The first-order chi connectivity index (χ1) is 8.08. The fourth-order valence-electron chi connectivity index (χ4n) is 1.55. The summed E-state index contributed by atoms with van der Waals surface area (Å²) in [6, 6.07) is 12.4. The molecule has 2 N–H and O–H groups in total. The Morgan fingerprint density at radius 3 is 2.35 bits per heavy atom. The molecule has 0 radical (unpaired) electrons. The molecule has 0 atom stereocenters. The van der Waals surface area contributed by atoms with E-state index in [4.69, 9.17) is 5.73 Å². The lowest BCUT2D eigenvalue weighted by molar-refractivity contribution is 1.28. The van der Waals surface area contributed by atoms with Crippen molar-refractivity contribution in [3.05, 3.63) is 52.0 Å². The highest BCUT2D eigenvalue weighted by Crippen LogP contribution is 2.37. The SMILES string of the molecule is Cc1cc(N)c(Sc2ccccc2Br)cc1C. The second-order valence-corrected chi connectivity index (χ2v) is 5.94. The highest BCUT2D eigenvalue weighted by molar-refractivity contribution is 9.10. The summed E-state index contributed by atoms with van der Waals surface area (Å²) in [6.45, 7) is 4.19. The average Bonchev–Trinajstić information content (AvgIpc) is 2.29. The zero-order valence-corrected chi connectivity index (χ0v) is 12.2. The monoisotopic (exact) mass is 307 g/mol. The van der Waals surface area contributed by atoms with E-state index in [1.54, 1.807) is 11.8 Å². The molecule has 0 heterocycles. The second kappa shape index (κ2) is 5.15. The number of hydrogen-bond donors (Lipinski definition) is 1. The molecule has 17 heavy (non-hydrogen) atoms. The van der Waals surface area contributed by atoms with E-state index in [1.807, 2.05) is 24.3 Å². The summed E-state index contributed by atoms with van der Waals surface area (Å²) in [5, 5.41) is 0. The number of halogens is 1. The van der Waals surface area contributed by atoms with Gasteiger partial charge >= 0.3 is 0 Å². The van der Waals surface area contributed by atoms with Gasteiger partial charge in [-0.3, -0.25) is 0 Å². The van der Waals surface area contributed by atoms with Crippen molar-refractivity contribution in [3.63, 3.8) is 0 Å². The van der Waals surface area contributed by atoms with Crippen LogP contribution >= 0.6 is 27.7 Å². The summed E-state index contributed by atoms with van der Waals surface area (Å²) in [5.41, 5.74) is 9.40. The standard InChI is InChI=1S/C14H14BrNS/c1-9-7-12(16)14(8-10(9)2)17-13-6-4-3-5-11(13)15/h3-8H,16H2,1-2H3. The van der Waals surface area contributed by atoms with E-state index in [2.05, 4.69) is 41.9 Å². The van der Waals surface area contributed by atoms with Crippen LogP contribution in [0.5, 0.6) is 0 Å². The van der Waals surface area contributed by atoms with Gasteiger partial charge in [0.2, 0.25) is 0 Å². The molecule has 0 unspecified atom stereocenters. The molecule has 0 saturated carbocycles. The molecule has 2 aromatic rings. The highest BCUT2D eigenvalue weighted by atomic mass is 79.9. The fourth-order valence-corrected chi connectivity index (χ4v) is 3.04. The largest absolute Gasteiger partial charge is 0.398 e. The average molecular weight is 308 g/mol. The second-order valence-electron chi connectivity index (χ2n) is 4.01. The maximum absolute atomic E-state index is 6.05. The van der Waals surface area contributed by atoms with Gasteiger partial charge in [0.15, 0.2) is 0 Å². The van der Waals surface area contributed by atoms with Crippen LogP contribution in [-0.2, 0) is 0 Å². The first-order valence-corrected chi connectivity index (χ1v) is 6.98. The van der Waals surface area contributed by atoms with Crippen LogP contribution in [-0.4, -0.2) is 0 Å². The van der Waals surface area contributed by atoms with Crippen molar-refractivity contribution in [2.45, 2.75) is 23.6 Å². The molecule has 0 aliphatic rings.